The Morgan fingerprint density at radius 2 is 2.35 bits per heavy atom. The van der Waals surface area contributed by atoms with Crippen molar-refractivity contribution < 1.29 is 14.7 Å². The molecular formula is C12H10N2O3. The molecule has 17 heavy (non-hydrogen) atoms. The van der Waals surface area contributed by atoms with Crippen LogP contribution in [-0.4, -0.2) is 27.3 Å². The highest BCUT2D eigenvalue weighted by Gasteiger charge is 2.03. The second kappa shape index (κ2) is 4.61. The predicted molar refractivity (Wildman–Crippen MR) is 62.8 cm³/mol. The molecule has 2 N–H and O–H groups in total. The fraction of sp³-hybridized carbons (Fsp3) is 0.0833. The number of hydrogen-bond acceptors (Lipinski definition) is 3. The monoisotopic (exact) mass is 230 g/mol. The molecule has 0 aliphatic carbocycles. The second-order valence-corrected chi connectivity index (χ2v) is 3.53. The molecule has 0 aliphatic heterocycles. The lowest BCUT2D eigenvalue weighted by Crippen LogP contribution is -1.89. The van der Waals surface area contributed by atoms with Crippen molar-refractivity contribution in [3.05, 3.63) is 35.7 Å². The Bertz CT molecular complexity index is 599. The summed E-state index contributed by atoms with van der Waals surface area (Å²) in [6.07, 6.45) is 7.14. The maximum absolute atomic E-state index is 10.8. The number of nitrogens with one attached hydrogen (secondary N) is 1. The predicted octanol–water partition coefficient (Wildman–Crippen LogP) is 1.86. The van der Waals surface area contributed by atoms with Gasteiger partial charge in [-0.25, -0.2) is 4.98 Å². The number of pyridine rings is 1. The highest BCUT2D eigenvalue weighted by molar-refractivity contribution is 5.96. The number of carboxylic acids is 1. The number of aliphatic carboxylic acids is 1. The zero-order valence-corrected chi connectivity index (χ0v) is 8.88. The molecule has 2 rings (SSSR count). The van der Waals surface area contributed by atoms with Gasteiger partial charge >= 0.3 is 5.97 Å². The molecule has 5 nitrogen and oxygen atoms in total. The van der Waals surface area contributed by atoms with Crippen molar-refractivity contribution in [2.75, 3.05) is 0 Å². The minimum Gasteiger partial charge on any atom is -0.481 e. The summed E-state index contributed by atoms with van der Waals surface area (Å²) in [5, 5.41) is 9.23. The van der Waals surface area contributed by atoms with Crippen LogP contribution in [0.1, 0.15) is 22.3 Å². The van der Waals surface area contributed by atoms with Crippen molar-refractivity contribution in [1.82, 2.24) is 9.97 Å². The Balaban J connectivity index is 2.33. The number of fused-ring (bicyclic) bond motifs is 1. The van der Waals surface area contributed by atoms with Gasteiger partial charge in [-0.1, -0.05) is 12.2 Å². The fourth-order valence-electron chi connectivity index (χ4n) is 1.52. The third kappa shape index (κ3) is 2.39. The largest absolute Gasteiger partial charge is 0.481 e. The fourth-order valence-corrected chi connectivity index (χ4v) is 1.52. The third-order valence-corrected chi connectivity index (χ3v) is 2.31. The van der Waals surface area contributed by atoms with Gasteiger partial charge in [0.25, 0.3) is 0 Å². The summed E-state index contributed by atoms with van der Waals surface area (Å²) in [4.78, 5) is 28.1. The standard InChI is InChI=1S/C12H10N2O3/c15-7-9-6-14-12-10(9)4-8(5-13-12)2-1-3-11(16)17/h1-2,4-7H,3H2,(H,13,14)(H,16,17). The molecular weight excluding hydrogens is 220 g/mol. The number of carbonyl (C=O) groups is 2. The lowest BCUT2D eigenvalue weighted by molar-refractivity contribution is -0.135. The molecule has 0 saturated carbocycles. The number of aldehydes is 1. The molecule has 0 atom stereocenters. The van der Waals surface area contributed by atoms with Crippen LogP contribution in [0.3, 0.4) is 0 Å². The van der Waals surface area contributed by atoms with Gasteiger partial charge in [0, 0.05) is 23.3 Å². The van der Waals surface area contributed by atoms with Crippen molar-refractivity contribution >= 4 is 29.4 Å². The number of carbonyl (C=O) groups excluding carboxylic acids is 1. The Labute approximate surface area is 96.8 Å². The number of aromatic nitrogens is 2. The number of rotatable bonds is 4. The Morgan fingerprint density at radius 1 is 1.53 bits per heavy atom. The molecule has 0 aromatic carbocycles. The van der Waals surface area contributed by atoms with Gasteiger partial charge in [0.05, 0.1) is 6.42 Å². The van der Waals surface area contributed by atoms with Crippen LogP contribution in [-0.2, 0) is 4.79 Å². The minimum atomic E-state index is -0.884. The molecule has 86 valence electrons. The maximum Gasteiger partial charge on any atom is 0.307 e. The van der Waals surface area contributed by atoms with Crippen molar-refractivity contribution in [3.63, 3.8) is 0 Å². The van der Waals surface area contributed by atoms with Crippen LogP contribution in [0.15, 0.2) is 24.5 Å². The first-order valence-corrected chi connectivity index (χ1v) is 5.01. The summed E-state index contributed by atoms with van der Waals surface area (Å²) < 4.78 is 0. The van der Waals surface area contributed by atoms with Crippen LogP contribution >= 0.6 is 0 Å². The Hall–Kier alpha value is -2.43. The van der Waals surface area contributed by atoms with Crippen molar-refractivity contribution in [1.29, 1.82) is 0 Å². The summed E-state index contributed by atoms with van der Waals surface area (Å²) >= 11 is 0. The van der Waals surface area contributed by atoms with Gasteiger partial charge in [0.1, 0.15) is 5.65 Å². The molecule has 0 amide bonds. The zero-order valence-electron chi connectivity index (χ0n) is 8.88. The molecule has 0 unspecified atom stereocenters. The molecule has 0 spiro atoms. The van der Waals surface area contributed by atoms with E-state index < -0.39 is 5.97 Å². The van der Waals surface area contributed by atoms with Gasteiger partial charge in [-0.2, -0.15) is 0 Å². The number of H-pyrrole nitrogens is 1. The molecule has 0 radical (unpaired) electrons. The van der Waals surface area contributed by atoms with Crippen LogP contribution < -0.4 is 0 Å². The lowest BCUT2D eigenvalue weighted by Gasteiger charge is -1.94. The lowest BCUT2D eigenvalue weighted by atomic mass is 10.1. The number of nitrogens with zero attached hydrogens (tertiary/aromatic N) is 1. The van der Waals surface area contributed by atoms with E-state index in [9.17, 15) is 9.59 Å². The Morgan fingerprint density at radius 3 is 3.06 bits per heavy atom. The van der Waals surface area contributed by atoms with E-state index in [2.05, 4.69) is 9.97 Å². The number of aromatic amines is 1. The van der Waals surface area contributed by atoms with Crippen molar-refractivity contribution in [2.24, 2.45) is 0 Å². The smallest absolute Gasteiger partial charge is 0.307 e. The molecule has 0 bridgehead atoms. The van der Waals surface area contributed by atoms with Gasteiger partial charge in [-0.3, -0.25) is 9.59 Å². The van der Waals surface area contributed by atoms with Crippen LogP contribution in [0.2, 0.25) is 0 Å². The molecule has 0 fully saturated rings. The zero-order chi connectivity index (χ0) is 12.3. The van der Waals surface area contributed by atoms with E-state index in [4.69, 9.17) is 5.11 Å². The summed E-state index contributed by atoms with van der Waals surface area (Å²) in [7, 11) is 0. The molecule has 0 aliphatic rings. The second-order valence-electron chi connectivity index (χ2n) is 3.53. The highest BCUT2D eigenvalue weighted by atomic mass is 16.4. The summed E-state index contributed by atoms with van der Waals surface area (Å²) in [6.45, 7) is 0. The molecule has 0 saturated heterocycles. The average molecular weight is 230 g/mol. The highest BCUT2D eigenvalue weighted by Crippen LogP contribution is 2.16. The first-order chi connectivity index (χ1) is 8.20. The minimum absolute atomic E-state index is 0.0360. The molecule has 2 heterocycles. The van der Waals surface area contributed by atoms with Crippen LogP contribution in [0.5, 0.6) is 0 Å². The van der Waals surface area contributed by atoms with Gasteiger partial charge in [0.15, 0.2) is 6.29 Å². The third-order valence-electron chi connectivity index (χ3n) is 2.31. The first-order valence-electron chi connectivity index (χ1n) is 5.01. The summed E-state index contributed by atoms with van der Waals surface area (Å²) in [6, 6.07) is 1.79. The van der Waals surface area contributed by atoms with E-state index in [1.165, 1.54) is 0 Å². The molecule has 2 aromatic heterocycles. The first kappa shape index (κ1) is 11.1. The number of hydrogen-bond donors (Lipinski definition) is 2. The van der Waals surface area contributed by atoms with Gasteiger partial charge < -0.3 is 10.1 Å². The van der Waals surface area contributed by atoms with E-state index in [1.54, 1.807) is 30.6 Å². The normalized spacial score (nSPS) is 11.1. The van der Waals surface area contributed by atoms with E-state index in [-0.39, 0.29) is 6.42 Å². The van der Waals surface area contributed by atoms with Gasteiger partial charge in [-0.15, -0.1) is 0 Å². The maximum atomic E-state index is 10.8. The number of carboxylic acid groups (broad SMARTS) is 1. The molecule has 2 aromatic rings. The van der Waals surface area contributed by atoms with Crippen molar-refractivity contribution in [3.8, 4) is 0 Å². The van der Waals surface area contributed by atoms with Crippen LogP contribution in [0.4, 0.5) is 0 Å². The van der Waals surface area contributed by atoms with E-state index in [1.807, 2.05) is 0 Å². The SMILES string of the molecule is O=Cc1c[nH]c2ncc(C=CCC(=O)O)cc12. The Kier molecular flexibility index (Phi) is 3.00. The molecule has 5 heteroatoms. The van der Waals surface area contributed by atoms with Crippen LogP contribution in [0, 0.1) is 0 Å². The van der Waals surface area contributed by atoms with Crippen LogP contribution in [0.25, 0.3) is 17.1 Å². The van der Waals surface area contributed by atoms with Gasteiger partial charge in [-0.05, 0) is 11.6 Å². The van der Waals surface area contributed by atoms with Crippen molar-refractivity contribution in [2.45, 2.75) is 6.42 Å². The van der Waals surface area contributed by atoms with E-state index in [0.29, 0.717) is 11.2 Å². The quantitative estimate of drug-likeness (QED) is 0.785. The van der Waals surface area contributed by atoms with E-state index >= 15 is 0 Å². The average Bonchev–Trinajstić information content (AvgIpc) is 2.70. The summed E-state index contributed by atoms with van der Waals surface area (Å²) in [5.41, 5.74) is 1.95. The summed E-state index contributed by atoms with van der Waals surface area (Å²) in [5.74, 6) is -0.884. The topological polar surface area (TPSA) is 83.0 Å². The van der Waals surface area contributed by atoms with Gasteiger partial charge in [0.2, 0.25) is 0 Å². The van der Waals surface area contributed by atoms with E-state index in [0.717, 1.165) is 17.2 Å².